The molecule has 1 atom stereocenters. The number of hydrogen-bond donors (Lipinski definition) is 1. The Morgan fingerprint density at radius 2 is 2.17 bits per heavy atom. The first-order chi connectivity index (χ1) is 8.65. The highest BCUT2D eigenvalue weighted by atomic mass is 35.5. The molecule has 1 aliphatic heterocycles. The van der Waals surface area contributed by atoms with E-state index in [0.717, 1.165) is 25.6 Å². The van der Waals surface area contributed by atoms with Gasteiger partial charge < -0.3 is 10.2 Å². The zero-order chi connectivity index (χ0) is 13.0. The summed E-state index contributed by atoms with van der Waals surface area (Å²) < 4.78 is 0. The quantitative estimate of drug-likeness (QED) is 0.912. The lowest BCUT2D eigenvalue weighted by Gasteiger charge is -2.27. The van der Waals surface area contributed by atoms with Gasteiger partial charge in [0, 0.05) is 13.1 Å². The van der Waals surface area contributed by atoms with E-state index in [0.29, 0.717) is 10.0 Å². The molecule has 1 saturated heterocycles. The fourth-order valence-electron chi connectivity index (χ4n) is 2.53. The van der Waals surface area contributed by atoms with Gasteiger partial charge in [0.2, 0.25) is 0 Å². The lowest BCUT2D eigenvalue weighted by Crippen LogP contribution is -2.36. The van der Waals surface area contributed by atoms with Crippen molar-refractivity contribution < 1.29 is 0 Å². The number of nitrogens with one attached hydrogen (secondary N) is 1. The summed E-state index contributed by atoms with van der Waals surface area (Å²) in [5.41, 5.74) is 1.22. The molecule has 100 valence electrons. The van der Waals surface area contributed by atoms with E-state index in [-0.39, 0.29) is 0 Å². The van der Waals surface area contributed by atoms with E-state index in [9.17, 15) is 0 Å². The van der Waals surface area contributed by atoms with Crippen LogP contribution in [0.2, 0.25) is 10.0 Å². The molecule has 1 aliphatic rings. The van der Waals surface area contributed by atoms with Crippen LogP contribution in [0.15, 0.2) is 18.2 Å². The minimum atomic E-state index is 0.625. The maximum absolute atomic E-state index is 6.03. The summed E-state index contributed by atoms with van der Waals surface area (Å²) in [6.45, 7) is 4.37. The van der Waals surface area contributed by atoms with Gasteiger partial charge in [0.05, 0.1) is 10.0 Å². The van der Waals surface area contributed by atoms with Crippen molar-refractivity contribution in [1.82, 2.24) is 10.2 Å². The van der Waals surface area contributed by atoms with E-state index in [4.69, 9.17) is 23.2 Å². The van der Waals surface area contributed by atoms with Crippen LogP contribution in [0, 0.1) is 5.92 Å². The second-order valence-electron chi connectivity index (χ2n) is 5.16. The molecule has 0 aliphatic carbocycles. The monoisotopic (exact) mass is 286 g/mol. The van der Waals surface area contributed by atoms with Crippen LogP contribution in [0.1, 0.15) is 18.4 Å². The van der Waals surface area contributed by atoms with E-state index < -0.39 is 0 Å². The Bertz CT molecular complexity index is 389. The molecule has 0 saturated carbocycles. The highest BCUT2D eigenvalue weighted by Gasteiger charge is 2.15. The molecule has 0 amide bonds. The smallest absolute Gasteiger partial charge is 0.0595 e. The maximum Gasteiger partial charge on any atom is 0.0595 e. The maximum atomic E-state index is 6.03. The van der Waals surface area contributed by atoms with Crippen molar-refractivity contribution in [1.29, 1.82) is 0 Å². The predicted molar refractivity (Wildman–Crippen MR) is 78.4 cm³/mol. The summed E-state index contributed by atoms with van der Waals surface area (Å²) in [7, 11) is 2.16. The fourth-order valence-corrected chi connectivity index (χ4v) is 2.86. The lowest BCUT2D eigenvalue weighted by atomic mass is 9.99. The first kappa shape index (κ1) is 14.1. The summed E-state index contributed by atoms with van der Waals surface area (Å²) in [5.74, 6) is 0.770. The van der Waals surface area contributed by atoms with Gasteiger partial charge >= 0.3 is 0 Å². The molecule has 0 spiro atoms. The van der Waals surface area contributed by atoms with Gasteiger partial charge in [-0.05, 0) is 56.6 Å². The zero-order valence-corrected chi connectivity index (χ0v) is 12.3. The SMILES string of the molecule is CN(Cc1ccc(Cl)c(Cl)c1)CC1CCCNC1. The molecule has 0 aromatic heterocycles. The largest absolute Gasteiger partial charge is 0.316 e. The molecular weight excluding hydrogens is 267 g/mol. The van der Waals surface area contributed by atoms with Gasteiger partial charge in [-0.1, -0.05) is 29.3 Å². The molecule has 0 bridgehead atoms. The van der Waals surface area contributed by atoms with Crippen LogP contribution in [0.5, 0.6) is 0 Å². The van der Waals surface area contributed by atoms with Crippen LogP contribution in [-0.4, -0.2) is 31.6 Å². The van der Waals surface area contributed by atoms with Crippen LogP contribution >= 0.6 is 23.2 Å². The average Bonchev–Trinajstić information content (AvgIpc) is 2.35. The van der Waals surface area contributed by atoms with E-state index >= 15 is 0 Å². The van der Waals surface area contributed by atoms with Crippen molar-refractivity contribution in [2.24, 2.45) is 5.92 Å². The standard InChI is InChI=1S/C14H20Cl2N2/c1-18(10-12-3-2-6-17-8-12)9-11-4-5-13(15)14(16)7-11/h4-5,7,12,17H,2-3,6,8-10H2,1H3. The molecule has 18 heavy (non-hydrogen) atoms. The Hall–Kier alpha value is -0.280. The van der Waals surface area contributed by atoms with Crippen molar-refractivity contribution in [3.05, 3.63) is 33.8 Å². The Kier molecular flexibility index (Phi) is 5.31. The Morgan fingerprint density at radius 1 is 1.33 bits per heavy atom. The Labute approximate surface area is 119 Å². The van der Waals surface area contributed by atoms with Gasteiger partial charge in [-0.15, -0.1) is 0 Å². The molecule has 2 rings (SSSR count). The number of rotatable bonds is 4. The molecule has 1 aromatic carbocycles. The first-order valence-corrected chi connectivity index (χ1v) is 7.24. The summed E-state index contributed by atoms with van der Waals surface area (Å²) in [6.07, 6.45) is 2.63. The van der Waals surface area contributed by atoms with E-state index in [2.05, 4.69) is 17.3 Å². The predicted octanol–water partition coefficient (Wildman–Crippen LogP) is 3.42. The second-order valence-corrected chi connectivity index (χ2v) is 5.97. The summed E-state index contributed by atoms with van der Waals surface area (Å²) in [6, 6.07) is 5.87. The van der Waals surface area contributed by atoms with Crippen LogP contribution in [0.25, 0.3) is 0 Å². The number of nitrogens with zero attached hydrogens (tertiary/aromatic N) is 1. The highest BCUT2D eigenvalue weighted by Crippen LogP contribution is 2.23. The third-order valence-electron chi connectivity index (χ3n) is 3.41. The summed E-state index contributed by atoms with van der Waals surface area (Å²) in [4.78, 5) is 2.36. The van der Waals surface area contributed by atoms with E-state index in [1.54, 1.807) is 0 Å². The zero-order valence-electron chi connectivity index (χ0n) is 10.8. The van der Waals surface area contributed by atoms with Gasteiger partial charge in [0.25, 0.3) is 0 Å². The molecule has 1 heterocycles. The Balaban J connectivity index is 1.85. The summed E-state index contributed by atoms with van der Waals surface area (Å²) >= 11 is 11.9. The molecule has 1 unspecified atom stereocenters. The van der Waals surface area contributed by atoms with Crippen LogP contribution in [0.3, 0.4) is 0 Å². The third kappa shape index (κ3) is 4.13. The normalized spacial score (nSPS) is 20.3. The van der Waals surface area contributed by atoms with Gasteiger partial charge in [-0.3, -0.25) is 0 Å². The number of halogens is 2. The molecule has 2 nitrogen and oxygen atoms in total. The number of benzene rings is 1. The first-order valence-electron chi connectivity index (χ1n) is 6.48. The van der Waals surface area contributed by atoms with Crippen molar-refractivity contribution in [2.75, 3.05) is 26.7 Å². The molecule has 4 heteroatoms. The van der Waals surface area contributed by atoms with Gasteiger partial charge in [0.1, 0.15) is 0 Å². The lowest BCUT2D eigenvalue weighted by molar-refractivity contribution is 0.237. The molecule has 1 aromatic rings. The van der Waals surface area contributed by atoms with Crippen molar-refractivity contribution in [2.45, 2.75) is 19.4 Å². The van der Waals surface area contributed by atoms with Gasteiger partial charge in [0.15, 0.2) is 0 Å². The van der Waals surface area contributed by atoms with Crippen molar-refractivity contribution >= 4 is 23.2 Å². The van der Waals surface area contributed by atoms with Crippen LogP contribution < -0.4 is 5.32 Å². The molecule has 1 N–H and O–H groups in total. The topological polar surface area (TPSA) is 15.3 Å². The minimum Gasteiger partial charge on any atom is -0.316 e. The van der Waals surface area contributed by atoms with Crippen molar-refractivity contribution in [3.63, 3.8) is 0 Å². The average molecular weight is 287 g/mol. The van der Waals surface area contributed by atoms with Gasteiger partial charge in [-0.25, -0.2) is 0 Å². The van der Waals surface area contributed by atoms with Crippen LogP contribution in [0.4, 0.5) is 0 Å². The second kappa shape index (κ2) is 6.76. The van der Waals surface area contributed by atoms with Crippen LogP contribution in [-0.2, 0) is 6.54 Å². The van der Waals surface area contributed by atoms with Crippen molar-refractivity contribution in [3.8, 4) is 0 Å². The van der Waals surface area contributed by atoms with E-state index in [1.807, 2.05) is 18.2 Å². The highest BCUT2D eigenvalue weighted by molar-refractivity contribution is 6.42. The fraction of sp³-hybridized carbons (Fsp3) is 0.571. The van der Waals surface area contributed by atoms with E-state index in [1.165, 1.54) is 24.9 Å². The number of hydrogen-bond acceptors (Lipinski definition) is 2. The number of piperidine rings is 1. The van der Waals surface area contributed by atoms with Gasteiger partial charge in [-0.2, -0.15) is 0 Å². The Morgan fingerprint density at radius 3 is 2.83 bits per heavy atom. The molecular formula is C14H20Cl2N2. The molecule has 0 radical (unpaired) electrons. The summed E-state index contributed by atoms with van der Waals surface area (Å²) in [5, 5.41) is 4.72. The molecule has 1 fully saturated rings. The third-order valence-corrected chi connectivity index (χ3v) is 4.14. The minimum absolute atomic E-state index is 0.625.